The Hall–Kier alpha value is -2.94. The van der Waals surface area contributed by atoms with Gasteiger partial charge in [0.2, 0.25) is 11.7 Å². The lowest BCUT2D eigenvalue weighted by Crippen LogP contribution is -2.08. The highest BCUT2D eigenvalue weighted by atomic mass is 32.2. The monoisotopic (exact) mass is 399 g/mol. The van der Waals surface area contributed by atoms with E-state index in [0.29, 0.717) is 52.2 Å². The van der Waals surface area contributed by atoms with Gasteiger partial charge in [0, 0.05) is 6.54 Å². The van der Waals surface area contributed by atoms with E-state index in [1.165, 1.54) is 17.8 Å². The van der Waals surface area contributed by atoms with Crippen molar-refractivity contribution in [2.45, 2.75) is 31.3 Å². The topological polar surface area (TPSA) is 82.8 Å². The van der Waals surface area contributed by atoms with Crippen LogP contribution in [0.4, 0.5) is 4.39 Å². The van der Waals surface area contributed by atoms with Gasteiger partial charge in [0.25, 0.3) is 0 Å². The summed E-state index contributed by atoms with van der Waals surface area (Å²) in [6, 6.07) is 10.1. The number of rotatable bonds is 7. The SMILES string of the molecule is CC(C)Cn1c(SCc2nc(-c3ccco3)no2)nnc1-c1ccccc1F. The van der Waals surface area contributed by atoms with Gasteiger partial charge in [-0.3, -0.25) is 0 Å². The van der Waals surface area contributed by atoms with Gasteiger partial charge in [0.05, 0.1) is 17.6 Å². The molecule has 0 unspecified atom stereocenters. The fourth-order valence-corrected chi connectivity index (χ4v) is 3.50. The highest BCUT2D eigenvalue weighted by Crippen LogP contribution is 2.29. The number of hydrogen-bond donors (Lipinski definition) is 0. The molecule has 0 saturated carbocycles. The van der Waals surface area contributed by atoms with E-state index in [9.17, 15) is 4.39 Å². The fraction of sp³-hybridized carbons (Fsp3) is 0.263. The maximum Gasteiger partial charge on any atom is 0.238 e. The first-order chi connectivity index (χ1) is 13.6. The first-order valence-electron chi connectivity index (χ1n) is 8.79. The summed E-state index contributed by atoms with van der Waals surface area (Å²) in [5, 5.41) is 13.1. The molecule has 4 aromatic rings. The van der Waals surface area contributed by atoms with E-state index in [1.807, 2.05) is 4.57 Å². The second-order valence-corrected chi connectivity index (χ2v) is 7.51. The van der Waals surface area contributed by atoms with Crippen molar-refractivity contribution in [1.82, 2.24) is 24.9 Å². The molecule has 0 aliphatic heterocycles. The molecule has 9 heteroatoms. The molecule has 0 radical (unpaired) electrons. The van der Waals surface area contributed by atoms with Gasteiger partial charge < -0.3 is 13.5 Å². The van der Waals surface area contributed by atoms with E-state index in [-0.39, 0.29) is 5.82 Å². The Kier molecular flexibility index (Phi) is 5.25. The third-order valence-corrected chi connectivity index (χ3v) is 4.87. The van der Waals surface area contributed by atoms with Gasteiger partial charge in [-0.15, -0.1) is 10.2 Å². The zero-order valence-electron chi connectivity index (χ0n) is 15.4. The first-order valence-corrected chi connectivity index (χ1v) is 9.77. The minimum Gasteiger partial charge on any atom is -0.461 e. The van der Waals surface area contributed by atoms with E-state index in [1.54, 1.807) is 36.6 Å². The molecule has 0 amide bonds. The molecule has 28 heavy (non-hydrogen) atoms. The van der Waals surface area contributed by atoms with E-state index >= 15 is 0 Å². The molecule has 0 fully saturated rings. The Morgan fingerprint density at radius 2 is 2.00 bits per heavy atom. The number of hydrogen-bond acceptors (Lipinski definition) is 7. The molecule has 0 spiro atoms. The number of halogens is 1. The molecule has 0 aliphatic carbocycles. The van der Waals surface area contributed by atoms with Crippen molar-refractivity contribution in [2.75, 3.05) is 0 Å². The van der Waals surface area contributed by atoms with Gasteiger partial charge >= 0.3 is 0 Å². The number of thioether (sulfide) groups is 1. The summed E-state index contributed by atoms with van der Waals surface area (Å²) in [5.41, 5.74) is 0.431. The third kappa shape index (κ3) is 3.84. The van der Waals surface area contributed by atoms with Crippen LogP contribution in [0.2, 0.25) is 0 Å². The molecule has 4 rings (SSSR count). The fourth-order valence-electron chi connectivity index (χ4n) is 2.71. The summed E-state index contributed by atoms with van der Waals surface area (Å²) in [7, 11) is 0. The van der Waals surface area contributed by atoms with Crippen LogP contribution >= 0.6 is 11.8 Å². The smallest absolute Gasteiger partial charge is 0.238 e. The maximum absolute atomic E-state index is 14.3. The van der Waals surface area contributed by atoms with E-state index in [0.717, 1.165) is 0 Å². The van der Waals surface area contributed by atoms with Gasteiger partial charge in [-0.05, 0) is 30.2 Å². The van der Waals surface area contributed by atoms with Crippen LogP contribution < -0.4 is 0 Å². The molecule has 144 valence electrons. The third-order valence-electron chi connectivity index (χ3n) is 3.91. The maximum atomic E-state index is 14.3. The molecule has 0 bridgehead atoms. The van der Waals surface area contributed by atoms with Crippen LogP contribution in [0.5, 0.6) is 0 Å². The average molecular weight is 399 g/mol. The number of benzene rings is 1. The summed E-state index contributed by atoms with van der Waals surface area (Å²) in [6.45, 7) is 4.85. The Morgan fingerprint density at radius 1 is 1.14 bits per heavy atom. The molecule has 1 aromatic carbocycles. The molecule has 7 nitrogen and oxygen atoms in total. The van der Waals surface area contributed by atoms with Crippen LogP contribution in [-0.4, -0.2) is 24.9 Å². The number of nitrogens with zero attached hydrogens (tertiary/aromatic N) is 5. The van der Waals surface area contributed by atoms with Crippen LogP contribution in [0.1, 0.15) is 19.7 Å². The molecular formula is C19H18FN5O2S. The Bertz CT molecular complexity index is 1060. The quantitative estimate of drug-likeness (QED) is 0.417. The lowest BCUT2D eigenvalue weighted by Gasteiger charge is -2.12. The van der Waals surface area contributed by atoms with Crippen molar-refractivity contribution < 1.29 is 13.3 Å². The van der Waals surface area contributed by atoms with Crippen LogP contribution in [0.25, 0.3) is 23.0 Å². The van der Waals surface area contributed by atoms with Crippen molar-refractivity contribution in [3.63, 3.8) is 0 Å². The summed E-state index contributed by atoms with van der Waals surface area (Å²) in [6.07, 6.45) is 1.55. The van der Waals surface area contributed by atoms with E-state index in [4.69, 9.17) is 8.94 Å². The summed E-state index contributed by atoms with van der Waals surface area (Å²) >= 11 is 1.41. The minimum absolute atomic E-state index is 0.323. The first kappa shape index (κ1) is 18.4. The van der Waals surface area contributed by atoms with Crippen LogP contribution in [0.15, 0.2) is 56.8 Å². The Morgan fingerprint density at radius 3 is 2.75 bits per heavy atom. The van der Waals surface area contributed by atoms with Gasteiger partial charge in [0.15, 0.2) is 16.7 Å². The van der Waals surface area contributed by atoms with Crippen molar-refractivity contribution in [3.05, 3.63) is 54.4 Å². The van der Waals surface area contributed by atoms with Crippen molar-refractivity contribution in [1.29, 1.82) is 0 Å². The van der Waals surface area contributed by atoms with Crippen molar-refractivity contribution in [3.8, 4) is 23.0 Å². The predicted octanol–water partition coefficient (Wildman–Crippen LogP) is 4.68. The highest BCUT2D eigenvalue weighted by Gasteiger charge is 2.19. The second-order valence-electron chi connectivity index (χ2n) is 6.57. The largest absolute Gasteiger partial charge is 0.461 e. The summed E-state index contributed by atoms with van der Waals surface area (Å²) in [4.78, 5) is 4.33. The van der Waals surface area contributed by atoms with Crippen molar-refractivity contribution in [2.24, 2.45) is 5.92 Å². The molecule has 3 aromatic heterocycles. The number of furan rings is 1. The minimum atomic E-state index is -0.323. The van der Waals surface area contributed by atoms with Crippen LogP contribution in [-0.2, 0) is 12.3 Å². The standard InChI is InChI=1S/C19H18FN5O2S/c1-12(2)10-25-18(13-6-3-4-7-14(13)20)22-23-19(25)28-11-16-21-17(24-27-16)15-8-5-9-26-15/h3-9,12H,10-11H2,1-2H3. The molecule has 0 atom stereocenters. The summed E-state index contributed by atoms with van der Waals surface area (Å²) in [5.74, 6) is 2.34. The zero-order valence-corrected chi connectivity index (χ0v) is 16.2. The van der Waals surface area contributed by atoms with Gasteiger partial charge in [0.1, 0.15) is 5.82 Å². The summed E-state index contributed by atoms with van der Waals surface area (Å²) < 4.78 is 26.7. The van der Waals surface area contributed by atoms with Crippen LogP contribution in [0, 0.1) is 11.7 Å². The molecule has 0 N–H and O–H groups in total. The second kappa shape index (κ2) is 7.97. The number of aromatic nitrogens is 5. The van der Waals surface area contributed by atoms with Gasteiger partial charge in [-0.1, -0.05) is 42.9 Å². The average Bonchev–Trinajstić information content (AvgIpc) is 3.41. The Labute approximate surface area is 165 Å². The molecule has 0 aliphatic rings. The van der Waals surface area contributed by atoms with Crippen molar-refractivity contribution >= 4 is 11.8 Å². The molecular weight excluding hydrogens is 381 g/mol. The lowest BCUT2D eigenvalue weighted by atomic mass is 10.2. The predicted molar refractivity (Wildman–Crippen MR) is 102 cm³/mol. The van der Waals surface area contributed by atoms with E-state index in [2.05, 4.69) is 34.2 Å². The highest BCUT2D eigenvalue weighted by molar-refractivity contribution is 7.98. The normalized spacial score (nSPS) is 11.4. The molecule has 0 saturated heterocycles. The van der Waals surface area contributed by atoms with Gasteiger partial charge in [-0.25, -0.2) is 4.39 Å². The van der Waals surface area contributed by atoms with Crippen LogP contribution in [0.3, 0.4) is 0 Å². The zero-order chi connectivity index (χ0) is 19.5. The van der Waals surface area contributed by atoms with E-state index < -0.39 is 0 Å². The molecule has 3 heterocycles. The van der Waals surface area contributed by atoms with Gasteiger partial charge in [-0.2, -0.15) is 4.98 Å². The Balaban J connectivity index is 1.57. The lowest BCUT2D eigenvalue weighted by molar-refractivity contribution is 0.390.